The van der Waals surface area contributed by atoms with E-state index in [1.165, 1.54) is 6.33 Å². The lowest BCUT2D eigenvalue weighted by Gasteiger charge is -2.08. The van der Waals surface area contributed by atoms with Crippen molar-refractivity contribution in [3.8, 4) is 5.69 Å². The summed E-state index contributed by atoms with van der Waals surface area (Å²) < 4.78 is 2.06. The zero-order valence-electron chi connectivity index (χ0n) is 11.1. The molecule has 21 heavy (non-hydrogen) atoms. The van der Waals surface area contributed by atoms with E-state index in [1.807, 2.05) is 36.7 Å². The molecule has 4 rings (SSSR count). The zero-order chi connectivity index (χ0) is 14.1. The molecule has 0 atom stereocenters. The largest absolute Gasteiger partial charge is 0.340 e. The van der Waals surface area contributed by atoms with Gasteiger partial charge in [0.1, 0.15) is 12.1 Å². The maximum absolute atomic E-state index is 4.26. The molecule has 0 bridgehead atoms. The lowest BCUT2D eigenvalue weighted by atomic mass is 10.2. The fourth-order valence-electron chi connectivity index (χ4n) is 2.22. The van der Waals surface area contributed by atoms with Crippen LogP contribution in [0.15, 0.2) is 61.3 Å². The summed E-state index contributed by atoms with van der Waals surface area (Å²) in [6.45, 7) is 0. The van der Waals surface area contributed by atoms with E-state index in [0.717, 1.165) is 28.2 Å². The lowest BCUT2D eigenvalue weighted by Crippen LogP contribution is -1.96. The van der Waals surface area contributed by atoms with Gasteiger partial charge in [-0.3, -0.25) is 5.10 Å². The Kier molecular flexibility index (Phi) is 2.64. The van der Waals surface area contributed by atoms with Gasteiger partial charge in [-0.15, -0.1) is 0 Å². The standard InChI is InChI=1S/C15H12N6/c1-2-8-21(7-1)12-5-3-11(4-6-12)19-14-13-9-18-20-15(13)17-10-16-14/h1-10H,(H2,16,17,18,19,20). The van der Waals surface area contributed by atoms with Crippen LogP contribution in [0.1, 0.15) is 0 Å². The van der Waals surface area contributed by atoms with Crippen LogP contribution >= 0.6 is 0 Å². The second kappa shape index (κ2) is 4.75. The fourth-order valence-corrected chi connectivity index (χ4v) is 2.22. The highest BCUT2D eigenvalue weighted by molar-refractivity contribution is 5.87. The predicted octanol–water partition coefficient (Wildman–Crippen LogP) is 2.89. The maximum atomic E-state index is 4.26. The number of aromatic nitrogens is 5. The van der Waals surface area contributed by atoms with E-state index < -0.39 is 0 Å². The van der Waals surface area contributed by atoms with Gasteiger partial charge in [0, 0.05) is 23.8 Å². The first-order valence-electron chi connectivity index (χ1n) is 6.55. The number of fused-ring (bicyclic) bond motifs is 1. The molecule has 3 heterocycles. The number of aromatic amines is 1. The molecule has 6 nitrogen and oxygen atoms in total. The molecule has 3 aromatic heterocycles. The van der Waals surface area contributed by atoms with E-state index in [9.17, 15) is 0 Å². The van der Waals surface area contributed by atoms with Gasteiger partial charge in [-0.2, -0.15) is 5.10 Å². The molecule has 102 valence electrons. The Morgan fingerprint density at radius 3 is 2.62 bits per heavy atom. The van der Waals surface area contributed by atoms with Crippen LogP contribution in [0.2, 0.25) is 0 Å². The van der Waals surface area contributed by atoms with Gasteiger partial charge in [0.15, 0.2) is 5.65 Å². The first kappa shape index (κ1) is 11.7. The molecule has 2 N–H and O–H groups in total. The number of anilines is 2. The SMILES string of the molecule is c1ccn(-c2ccc(Nc3ncnc4[nH]ncc34)cc2)c1. The van der Waals surface area contributed by atoms with Gasteiger partial charge < -0.3 is 9.88 Å². The van der Waals surface area contributed by atoms with Gasteiger partial charge in [-0.25, -0.2) is 9.97 Å². The molecule has 0 amide bonds. The summed E-state index contributed by atoms with van der Waals surface area (Å²) in [6.07, 6.45) is 7.26. The third-order valence-electron chi connectivity index (χ3n) is 3.28. The minimum Gasteiger partial charge on any atom is -0.340 e. The van der Waals surface area contributed by atoms with Crippen LogP contribution in [0.4, 0.5) is 11.5 Å². The van der Waals surface area contributed by atoms with Gasteiger partial charge in [0.25, 0.3) is 0 Å². The Morgan fingerprint density at radius 2 is 1.81 bits per heavy atom. The van der Waals surface area contributed by atoms with Crippen LogP contribution in [0.5, 0.6) is 0 Å². The van der Waals surface area contributed by atoms with Crippen LogP contribution in [0.25, 0.3) is 16.7 Å². The summed E-state index contributed by atoms with van der Waals surface area (Å²) in [5.41, 5.74) is 2.80. The topological polar surface area (TPSA) is 71.4 Å². The Hall–Kier alpha value is -3.15. The second-order valence-electron chi connectivity index (χ2n) is 4.62. The van der Waals surface area contributed by atoms with Crippen molar-refractivity contribution in [3.63, 3.8) is 0 Å². The van der Waals surface area contributed by atoms with Crippen molar-refractivity contribution < 1.29 is 0 Å². The van der Waals surface area contributed by atoms with Crippen molar-refractivity contribution in [2.24, 2.45) is 0 Å². The first-order chi connectivity index (χ1) is 10.4. The van der Waals surface area contributed by atoms with Crippen LogP contribution in [0.3, 0.4) is 0 Å². The van der Waals surface area contributed by atoms with E-state index in [2.05, 4.69) is 42.2 Å². The average Bonchev–Trinajstić information content (AvgIpc) is 3.20. The molecule has 1 aromatic carbocycles. The maximum Gasteiger partial charge on any atom is 0.160 e. The monoisotopic (exact) mass is 276 g/mol. The summed E-state index contributed by atoms with van der Waals surface area (Å²) in [6, 6.07) is 12.1. The number of hydrogen-bond donors (Lipinski definition) is 2. The molecule has 0 aliphatic carbocycles. The zero-order valence-corrected chi connectivity index (χ0v) is 11.1. The summed E-state index contributed by atoms with van der Waals surface area (Å²) in [4.78, 5) is 8.38. The Labute approximate surface area is 120 Å². The van der Waals surface area contributed by atoms with E-state index in [0.29, 0.717) is 0 Å². The van der Waals surface area contributed by atoms with Crippen molar-refractivity contribution in [1.82, 2.24) is 24.7 Å². The van der Waals surface area contributed by atoms with Crippen molar-refractivity contribution in [2.45, 2.75) is 0 Å². The highest BCUT2D eigenvalue weighted by Gasteiger charge is 2.05. The van der Waals surface area contributed by atoms with Crippen molar-refractivity contribution >= 4 is 22.5 Å². The Morgan fingerprint density at radius 1 is 1.00 bits per heavy atom. The van der Waals surface area contributed by atoms with Crippen molar-refractivity contribution in [1.29, 1.82) is 0 Å². The Bertz CT molecular complexity index is 861. The number of benzene rings is 1. The summed E-state index contributed by atoms with van der Waals surface area (Å²) in [5, 5.41) is 11.0. The molecule has 0 unspecified atom stereocenters. The molecule has 0 fully saturated rings. The number of nitrogens with one attached hydrogen (secondary N) is 2. The van der Waals surface area contributed by atoms with Gasteiger partial charge in [0.05, 0.1) is 11.6 Å². The van der Waals surface area contributed by atoms with E-state index in [1.54, 1.807) is 6.20 Å². The minimum absolute atomic E-state index is 0.719. The van der Waals surface area contributed by atoms with E-state index in [4.69, 9.17) is 0 Å². The van der Waals surface area contributed by atoms with Gasteiger partial charge >= 0.3 is 0 Å². The molecule has 0 aliphatic rings. The Balaban J connectivity index is 1.64. The first-order valence-corrected chi connectivity index (χ1v) is 6.55. The molecule has 0 aliphatic heterocycles. The molecular formula is C15H12N6. The van der Waals surface area contributed by atoms with Gasteiger partial charge in [0.2, 0.25) is 0 Å². The third kappa shape index (κ3) is 2.12. The molecular weight excluding hydrogens is 264 g/mol. The quantitative estimate of drug-likeness (QED) is 0.603. The summed E-state index contributed by atoms with van der Waals surface area (Å²) in [5.74, 6) is 0.738. The lowest BCUT2D eigenvalue weighted by molar-refractivity contribution is 1.08. The normalized spacial score (nSPS) is 10.9. The molecule has 0 saturated carbocycles. The minimum atomic E-state index is 0.719. The van der Waals surface area contributed by atoms with Crippen molar-refractivity contribution in [3.05, 3.63) is 61.3 Å². The number of nitrogens with zero attached hydrogens (tertiary/aromatic N) is 4. The average molecular weight is 276 g/mol. The third-order valence-corrected chi connectivity index (χ3v) is 3.28. The summed E-state index contributed by atoms with van der Waals surface area (Å²) >= 11 is 0. The van der Waals surface area contributed by atoms with Crippen LogP contribution in [0, 0.1) is 0 Å². The number of hydrogen-bond acceptors (Lipinski definition) is 4. The van der Waals surface area contributed by atoms with Crippen LogP contribution < -0.4 is 5.32 Å². The number of H-pyrrole nitrogens is 1. The fraction of sp³-hybridized carbons (Fsp3) is 0. The van der Waals surface area contributed by atoms with E-state index in [-0.39, 0.29) is 0 Å². The molecule has 0 saturated heterocycles. The van der Waals surface area contributed by atoms with Gasteiger partial charge in [-0.05, 0) is 36.4 Å². The second-order valence-corrected chi connectivity index (χ2v) is 4.62. The smallest absolute Gasteiger partial charge is 0.160 e. The predicted molar refractivity (Wildman–Crippen MR) is 80.7 cm³/mol. The van der Waals surface area contributed by atoms with Crippen LogP contribution in [-0.4, -0.2) is 24.7 Å². The van der Waals surface area contributed by atoms with Crippen LogP contribution in [-0.2, 0) is 0 Å². The van der Waals surface area contributed by atoms with Gasteiger partial charge in [-0.1, -0.05) is 0 Å². The molecule has 0 radical (unpaired) electrons. The van der Waals surface area contributed by atoms with E-state index >= 15 is 0 Å². The van der Waals surface area contributed by atoms with Crippen molar-refractivity contribution in [2.75, 3.05) is 5.32 Å². The highest BCUT2D eigenvalue weighted by atomic mass is 15.2. The molecule has 4 aromatic rings. The molecule has 0 spiro atoms. The molecule has 6 heteroatoms. The highest BCUT2D eigenvalue weighted by Crippen LogP contribution is 2.22. The number of rotatable bonds is 3. The summed E-state index contributed by atoms with van der Waals surface area (Å²) in [7, 11) is 0.